The highest BCUT2D eigenvalue weighted by Crippen LogP contribution is 2.23. The van der Waals surface area contributed by atoms with Crippen LogP contribution in [0.25, 0.3) is 11.0 Å². The molecule has 4 rings (SSSR count). The van der Waals surface area contributed by atoms with Crippen LogP contribution < -0.4 is 10.1 Å². The van der Waals surface area contributed by atoms with Crippen LogP contribution in [0.5, 0.6) is 11.6 Å². The van der Waals surface area contributed by atoms with E-state index in [2.05, 4.69) is 20.3 Å². The molecule has 0 bridgehead atoms. The molecule has 0 saturated carbocycles. The van der Waals surface area contributed by atoms with Crippen LogP contribution in [0.15, 0.2) is 73.4 Å². The van der Waals surface area contributed by atoms with E-state index >= 15 is 0 Å². The summed E-state index contributed by atoms with van der Waals surface area (Å²) in [6, 6.07) is 14.4. The van der Waals surface area contributed by atoms with Gasteiger partial charge in [0.15, 0.2) is 0 Å². The van der Waals surface area contributed by atoms with Crippen molar-refractivity contribution < 1.29 is 9.53 Å². The summed E-state index contributed by atoms with van der Waals surface area (Å²) in [7, 11) is 0. The normalized spacial score (nSPS) is 11.9. The number of hydrogen-bond acceptors (Lipinski definition) is 5. The Bertz CT molecular complexity index is 1080. The van der Waals surface area contributed by atoms with Gasteiger partial charge in [-0.15, -0.1) is 0 Å². The monoisotopic (exact) mass is 359 g/mol. The van der Waals surface area contributed by atoms with Crippen molar-refractivity contribution in [2.24, 2.45) is 0 Å². The lowest BCUT2D eigenvalue weighted by atomic mass is 10.2. The molecule has 2 heterocycles. The lowest BCUT2D eigenvalue weighted by Gasteiger charge is -2.15. The molecule has 0 saturated heterocycles. The average Bonchev–Trinajstić information content (AvgIpc) is 3.12. The minimum atomic E-state index is -0.415. The van der Waals surface area contributed by atoms with Gasteiger partial charge in [0.05, 0.1) is 23.6 Å². The van der Waals surface area contributed by atoms with Crippen LogP contribution in [0, 0.1) is 0 Å². The minimum absolute atomic E-state index is 0.144. The first-order chi connectivity index (χ1) is 13.2. The first-order valence-electron chi connectivity index (χ1n) is 8.47. The standard InChI is InChI=1S/C20H17N5O2/c1-14(25-13-23-17-7-2-3-8-18(17)25)20(26)24-15-5-4-6-16(11-15)27-19-12-21-9-10-22-19/h2-14H,1H3,(H,24,26). The van der Waals surface area contributed by atoms with Gasteiger partial charge >= 0.3 is 0 Å². The minimum Gasteiger partial charge on any atom is -0.437 e. The maximum atomic E-state index is 12.7. The zero-order valence-corrected chi connectivity index (χ0v) is 14.6. The molecule has 2 aromatic heterocycles. The van der Waals surface area contributed by atoms with Crippen LogP contribution in [0.4, 0.5) is 5.69 Å². The topological polar surface area (TPSA) is 81.9 Å². The first kappa shape index (κ1) is 16.7. The Labute approximate surface area is 155 Å². The number of aromatic nitrogens is 4. The Morgan fingerprint density at radius 1 is 1.11 bits per heavy atom. The van der Waals surface area contributed by atoms with Gasteiger partial charge in [0, 0.05) is 24.1 Å². The molecule has 1 atom stereocenters. The van der Waals surface area contributed by atoms with Crippen molar-refractivity contribution in [3.8, 4) is 11.6 Å². The number of benzene rings is 2. The van der Waals surface area contributed by atoms with Crippen molar-refractivity contribution in [1.82, 2.24) is 19.5 Å². The summed E-state index contributed by atoms with van der Waals surface area (Å²) in [5, 5.41) is 2.92. The SMILES string of the molecule is CC(C(=O)Nc1cccc(Oc2cnccn2)c1)n1cnc2ccccc21. The van der Waals surface area contributed by atoms with Crippen molar-refractivity contribution in [2.75, 3.05) is 5.32 Å². The maximum absolute atomic E-state index is 12.7. The molecule has 0 fully saturated rings. The van der Waals surface area contributed by atoms with Gasteiger partial charge in [0.1, 0.15) is 11.8 Å². The van der Waals surface area contributed by atoms with E-state index in [0.29, 0.717) is 17.3 Å². The largest absolute Gasteiger partial charge is 0.437 e. The molecule has 0 aliphatic heterocycles. The number of nitrogens with one attached hydrogen (secondary N) is 1. The Kier molecular flexibility index (Phi) is 4.49. The number of amides is 1. The second-order valence-corrected chi connectivity index (χ2v) is 5.98. The van der Waals surface area contributed by atoms with Crippen LogP contribution in [-0.2, 0) is 4.79 Å². The Balaban J connectivity index is 1.50. The van der Waals surface area contributed by atoms with Crippen molar-refractivity contribution in [2.45, 2.75) is 13.0 Å². The molecule has 0 spiro atoms. The third-order valence-corrected chi connectivity index (χ3v) is 4.14. The Morgan fingerprint density at radius 3 is 2.85 bits per heavy atom. The smallest absolute Gasteiger partial charge is 0.247 e. The molecule has 0 aliphatic carbocycles. The predicted molar refractivity (Wildman–Crippen MR) is 102 cm³/mol. The zero-order valence-electron chi connectivity index (χ0n) is 14.6. The molecule has 1 unspecified atom stereocenters. The van der Waals surface area contributed by atoms with Crippen LogP contribution in [0.3, 0.4) is 0 Å². The Morgan fingerprint density at radius 2 is 2.00 bits per heavy atom. The molecule has 7 heteroatoms. The third kappa shape index (κ3) is 3.62. The number of fused-ring (bicyclic) bond motifs is 1. The number of carbonyl (C=O) groups excluding carboxylic acids is 1. The third-order valence-electron chi connectivity index (χ3n) is 4.14. The van der Waals surface area contributed by atoms with E-state index in [1.54, 1.807) is 43.0 Å². The second kappa shape index (κ2) is 7.25. The van der Waals surface area contributed by atoms with Gasteiger partial charge in [-0.25, -0.2) is 9.97 Å². The molecular formula is C20H17N5O2. The fourth-order valence-corrected chi connectivity index (χ4v) is 2.76. The second-order valence-electron chi connectivity index (χ2n) is 5.98. The van der Waals surface area contributed by atoms with Gasteiger partial charge in [0.25, 0.3) is 0 Å². The lowest BCUT2D eigenvalue weighted by molar-refractivity contribution is -0.118. The van der Waals surface area contributed by atoms with Crippen LogP contribution in [0.1, 0.15) is 13.0 Å². The van der Waals surface area contributed by atoms with Gasteiger partial charge < -0.3 is 14.6 Å². The molecular weight excluding hydrogens is 342 g/mol. The van der Waals surface area contributed by atoms with Gasteiger partial charge in [-0.05, 0) is 31.2 Å². The van der Waals surface area contributed by atoms with Crippen molar-refractivity contribution in [1.29, 1.82) is 0 Å². The number of ether oxygens (including phenoxy) is 1. The molecule has 4 aromatic rings. The summed E-state index contributed by atoms with van der Waals surface area (Å²) in [4.78, 5) is 25.1. The van der Waals surface area contributed by atoms with Gasteiger partial charge in [-0.1, -0.05) is 18.2 Å². The summed E-state index contributed by atoms with van der Waals surface area (Å²) in [6.45, 7) is 1.84. The van der Waals surface area contributed by atoms with Crippen molar-refractivity contribution in [3.63, 3.8) is 0 Å². The number of rotatable bonds is 5. The van der Waals surface area contributed by atoms with E-state index in [1.165, 1.54) is 6.20 Å². The highest BCUT2D eigenvalue weighted by molar-refractivity contribution is 5.94. The number of para-hydroxylation sites is 2. The quantitative estimate of drug-likeness (QED) is 0.586. The first-order valence-corrected chi connectivity index (χ1v) is 8.47. The number of hydrogen-bond donors (Lipinski definition) is 1. The highest BCUT2D eigenvalue weighted by Gasteiger charge is 2.17. The molecule has 7 nitrogen and oxygen atoms in total. The summed E-state index contributed by atoms with van der Waals surface area (Å²) >= 11 is 0. The number of imidazole rings is 1. The fourth-order valence-electron chi connectivity index (χ4n) is 2.76. The maximum Gasteiger partial charge on any atom is 0.247 e. The van der Waals surface area contributed by atoms with Crippen molar-refractivity contribution >= 4 is 22.6 Å². The van der Waals surface area contributed by atoms with Gasteiger partial charge in [-0.2, -0.15) is 0 Å². The average molecular weight is 359 g/mol. The highest BCUT2D eigenvalue weighted by atomic mass is 16.5. The molecule has 0 radical (unpaired) electrons. The summed E-state index contributed by atoms with van der Waals surface area (Å²) in [5.74, 6) is 0.808. The summed E-state index contributed by atoms with van der Waals surface area (Å²) in [5.41, 5.74) is 2.41. The molecule has 1 N–H and O–H groups in total. The van der Waals surface area contributed by atoms with Gasteiger partial charge in [-0.3, -0.25) is 9.78 Å². The number of anilines is 1. The van der Waals surface area contributed by atoms with E-state index in [4.69, 9.17) is 4.74 Å². The van der Waals surface area contributed by atoms with Gasteiger partial charge in [0.2, 0.25) is 11.8 Å². The van der Waals surface area contributed by atoms with E-state index in [-0.39, 0.29) is 5.91 Å². The molecule has 1 amide bonds. The zero-order chi connectivity index (χ0) is 18.6. The number of nitrogens with zero attached hydrogens (tertiary/aromatic N) is 4. The van der Waals surface area contributed by atoms with Crippen molar-refractivity contribution in [3.05, 3.63) is 73.4 Å². The van der Waals surface area contributed by atoms with Crippen LogP contribution in [-0.4, -0.2) is 25.4 Å². The van der Waals surface area contributed by atoms with E-state index in [0.717, 1.165) is 11.0 Å². The van der Waals surface area contributed by atoms with E-state index in [1.807, 2.05) is 35.8 Å². The van der Waals surface area contributed by atoms with Crippen LogP contribution in [0.2, 0.25) is 0 Å². The molecule has 0 aliphatic rings. The fraction of sp³-hybridized carbons (Fsp3) is 0.100. The molecule has 27 heavy (non-hydrogen) atoms. The van der Waals surface area contributed by atoms with E-state index in [9.17, 15) is 4.79 Å². The van der Waals surface area contributed by atoms with E-state index < -0.39 is 6.04 Å². The number of carbonyl (C=O) groups is 1. The Hall–Kier alpha value is -3.74. The lowest BCUT2D eigenvalue weighted by Crippen LogP contribution is -2.23. The summed E-state index contributed by atoms with van der Waals surface area (Å²) < 4.78 is 7.50. The predicted octanol–water partition coefficient (Wildman–Crippen LogP) is 3.82. The summed E-state index contributed by atoms with van der Waals surface area (Å²) in [6.07, 6.45) is 6.34. The molecule has 134 valence electrons. The molecule has 2 aromatic carbocycles. The van der Waals surface area contributed by atoms with Crippen LogP contribution >= 0.6 is 0 Å².